The molecule has 0 aliphatic rings. The Hall–Kier alpha value is -1.49. The molecule has 0 saturated carbocycles. The van der Waals surface area contributed by atoms with Crippen molar-refractivity contribution in [2.24, 2.45) is 0 Å². The van der Waals surface area contributed by atoms with Gasteiger partial charge in [0, 0.05) is 17.2 Å². The Kier molecular flexibility index (Phi) is 4.85. The number of nitrogens with zero attached hydrogens (tertiary/aromatic N) is 1. The average molecular weight is 239 g/mol. The van der Waals surface area contributed by atoms with Gasteiger partial charge in [0.25, 0.3) is 5.70 Å². The Morgan fingerprint density at radius 1 is 1.38 bits per heavy atom. The van der Waals surface area contributed by atoms with E-state index in [0.717, 1.165) is 11.8 Å². The fraction of sp³-hybridized carbons (Fsp3) is 0.273. The van der Waals surface area contributed by atoms with Crippen LogP contribution >= 0.6 is 11.8 Å². The molecule has 0 N–H and O–H groups in total. The SMILES string of the molecule is CCOC(=O)/C(=C(\[O-])SC)[n+]1ccccc1. The predicted molar refractivity (Wildman–Crippen MR) is 60.0 cm³/mol. The molecule has 0 aliphatic carbocycles. The van der Waals surface area contributed by atoms with Gasteiger partial charge in [-0.15, -0.1) is 11.8 Å². The molecule has 0 fully saturated rings. The topological polar surface area (TPSA) is 53.2 Å². The minimum absolute atomic E-state index is 0.0231. The summed E-state index contributed by atoms with van der Waals surface area (Å²) < 4.78 is 6.32. The van der Waals surface area contributed by atoms with Crippen LogP contribution in [-0.4, -0.2) is 18.8 Å². The molecule has 0 aliphatic heterocycles. The Labute approximate surface area is 98.6 Å². The summed E-state index contributed by atoms with van der Waals surface area (Å²) >= 11 is 0.984. The normalized spacial score (nSPS) is 11.9. The Bertz CT molecular complexity index is 389. The first-order valence-electron chi connectivity index (χ1n) is 4.79. The van der Waals surface area contributed by atoms with Crippen molar-refractivity contribution in [1.29, 1.82) is 0 Å². The van der Waals surface area contributed by atoms with E-state index in [9.17, 15) is 9.90 Å². The molecule has 0 amide bonds. The summed E-state index contributed by atoms with van der Waals surface area (Å²) in [7, 11) is 0. The van der Waals surface area contributed by atoms with Crippen LogP contribution in [0.3, 0.4) is 0 Å². The third-order valence-corrected chi connectivity index (χ3v) is 2.39. The van der Waals surface area contributed by atoms with E-state index in [4.69, 9.17) is 4.74 Å². The zero-order valence-corrected chi connectivity index (χ0v) is 9.99. The van der Waals surface area contributed by atoms with E-state index < -0.39 is 5.97 Å². The fourth-order valence-electron chi connectivity index (χ4n) is 1.14. The van der Waals surface area contributed by atoms with Crippen molar-refractivity contribution < 1.29 is 19.2 Å². The third kappa shape index (κ3) is 3.00. The van der Waals surface area contributed by atoms with Crippen molar-refractivity contribution in [3.8, 4) is 0 Å². The zero-order chi connectivity index (χ0) is 12.0. The van der Waals surface area contributed by atoms with Crippen LogP contribution in [0.5, 0.6) is 0 Å². The molecule has 0 spiro atoms. The monoisotopic (exact) mass is 239 g/mol. The molecule has 86 valence electrons. The summed E-state index contributed by atoms with van der Waals surface area (Å²) in [4.78, 5) is 11.6. The van der Waals surface area contributed by atoms with E-state index in [1.165, 1.54) is 4.57 Å². The summed E-state index contributed by atoms with van der Waals surface area (Å²) in [5.74, 6) is -0.599. The van der Waals surface area contributed by atoms with Crippen LogP contribution in [0.2, 0.25) is 0 Å². The van der Waals surface area contributed by atoms with Gasteiger partial charge >= 0.3 is 5.97 Å². The number of pyridine rings is 1. The highest BCUT2D eigenvalue weighted by Crippen LogP contribution is 2.11. The Balaban J connectivity index is 3.13. The van der Waals surface area contributed by atoms with Crippen LogP contribution in [0.4, 0.5) is 0 Å². The van der Waals surface area contributed by atoms with Crippen molar-refractivity contribution in [3.63, 3.8) is 0 Å². The summed E-state index contributed by atoms with van der Waals surface area (Å²) in [6, 6.07) is 5.29. The van der Waals surface area contributed by atoms with E-state index in [1.54, 1.807) is 37.7 Å². The number of thioether (sulfide) groups is 1. The molecule has 0 bridgehead atoms. The smallest absolute Gasteiger partial charge is 0.404 e. The predicted octanol–water partition coefficient (Wildman–Crippen LogP) is 0.387. The summed E-state index contributed by atoms with van der Waals surface area (Å²) in [6.07, 6.45) is 4.91. The molecule has 1 aromatic rings. The first kappa shape index (κ1) is 12.6. The number of carbonyl (C=O) groups excluding carboxylic acids is 1. The quantitative estimate of drug-likeness (QED) is 0.330. The van der Waals surface area contributed by atoms with Crippen molar-refractivity contribution in [3.05, 3.63) is 35.7 Å². The number of hydrogen-bond acceptors (Lipinski definition) is 4. The van der Waals surface area contributed by atoms with Gasteiger partial charge in [0.05, 0.1) is 6.61 Å². The molecule has 16 heavy (non-hydrogen) atoms. The van der Waals surface area contributed by atoms with Crippen LogP contribution in [0, 0.1) is 0 Å². The highest BCUT2D eigenvalue weighted by atomic mass is 32.2. The second kappa shape index (κ2) is 6.17. The second-order valence-electron chi connectivity index (χ2n) is 2.84. The maximum Gasteiger partial charge on any atom is 0.404 e. The number of rotatable bonds is 4. The van der Waals surface area contributed by atoms with Gasteiger partial charge in [-0.1, -0.05) is 6.07 Å². The number of aromatic nitrogens is 1. The number of carbonyl (C=O) groups is 1. The molecule has 1 heterocycles. The summed E-state index contributed by atoms with van der Waals surface area (Å²) in [6.45, 7) is 1.95. The molecule has 0 aromatic carbocycles. The van der Waals surface area contributed by atoms with Gasteiger partial charge < -0.3 is 9.84 Å². The minimum atomic E-state index is -0.599. The van der Waals surface area contributed by atoms with Crippen LogP contribution in [-0.2, 0) is 9.53 Å². The Morgan fingerprint density at radius 3 is 2.50 bits per heavy atom. The van der Waals surface area contributed by atoms with E-state index in [2.05, 4.69) is 0 Å². The third-order valence-electron chi connectivity index (χ3n) is 1.82. The fourth-order valence-corrected chi connectivity index (χ4v) is 1.52. The number of hydrogen-bond donors (Lipinski definition) is 0. The van der Waals surface area contributed by atoms with Crippen molar-refractivity contribution >= 4 is 23.4 Å². The highest BCUT2D eigenvalue weighted by molar-refractivity contribution is 8.02. The molecule has 0 radical (unpaired) electrons. The van der Waals surface area contributed by atoms with Gasteiger partial charge in [-0.2, -0.15) is 4.57 Å². The maximum absolute atomic E-state index is 11.6. The lowest BCUT2D eigenvalue weighted by atomic mass is 10.4. The molecule has 1 aromatic heterocycles. The largest absolute Gasteiger partial charge is 0.863 e. The van der Waals surface area contributed by atoms with Crippen molar-refractivity contribution in [2.75, 3.05) is 12.9 Å². The standard InChI is InChI=1S/C11H13NO3S/c1-3-15-10(13)9(11(14)16-2)12-7-5-4-6-8-12/h4-8H,3H2,1-2H3. The molecule has 0 saturated heterocycles. The molecule has 1 rings (SSSR count). The average Bonchev–Trinajstić information content (AvgIpc) is 2.31. The lowest BCUT2D eigenvalue weighted by molar-refractivity contribution is -0.582. The van der Waals surface area contributed by atoms with Crippen LogP contribution in [0.1, 0.15) is 6.92 Å². The lowest BCUT2D eigenvalue weighted by Gasteiger charge is -2.10. The summed E-state index contributed by atoms with van der Waals surface area (Å²) in [5.41, 5.74) is 0.0231. The van der Waals surface area contributed by atoms with Gasteiger partial charge in [0.1, 0.15) is 0 Å². The second-order valence-corrected chi connectivity index (χ2v) is 3.62. The Morgan fingerprint density at radius 2 is 2.00 bits per heavy atom. The van der Waals surface area contributed by atoms with E-state index in [0.29, 0.717) is 0 Å². The molecule has 0 unspecified atom stereocenters. The van der Waals surface area contributed by atoms with Crippen LogP contribution < -0.4 is 9.67 Å². The lowest BCUT2D eigenvalue weighted by Crippen LogP contribution is -2.38. The molecular formula is C11H13NO3S. The van der Waals surface area contributed by atoms with E-state index >= 15 is 0 Å². The molecular weight excluding hydrogens is 226 g/mol. The highest BCUT2D eigenvalue weighted by Gasteiger charge is 2.22. The van der Waals surface area contributed by atoms with E-state index in [-0.39, 0.29) is 17.4 Å². The maximum atomic E-state index is 11.6. The first-order valence-corrected chi connectivity index (χ1v) is 6.02. The van der Waals surface area contributed by atoms with Gasteiger partial charge in [0.2, 0.25) is 0 Å². The van der Waals surface area contributed by atoms with Gasteiger partial charge in [-0.25, -0.2) is 4.79 Å². The van der Waals surface area contributed by atoms with Crippen molar-refractivity contribution in [1.82, 2.24) is 0 Å². The first-order chi connectivity index (χ1) is 7.70. The number of esters is 1. The minimum Gasteiger partial charge on any atom is -0.863 e. The van der Waals surface area contributed by atoms with Gasteiger partial charge in [0.15, 0.2) is 12.4 Å². The zero-order valence-electron chi connectivity index (χ0n) is 9.17. The molecule has 5 heteroatoms. The van der Waals surface area contributed by atoms with Crippen molar-refractivity contribution in [2.45, 2.75) is 6.92 Å². The van der Waals surface area contributed by atoms with Crippen LogP contribution in [0.25, 0.3) is 5.70 Å². The number of ether oxygens (including phenoxy) is 1. The van der Waals surface area contributed by atoms with E-state index in [1.807, 2.05) is 6.07 Å². The van der Waals surface area contributed by atoms with Gasteiger partial charge in [-0.3, -0.25) is 0 Å². The molecule has 0 atom stereocenters. The van der Waals surface area contributed by atoms with Crippen LogP contribution in [0.15, 0.2) is 35.7 Å². The van der Waals surface area contributed by atoms with Gasteiger partial charge in [-0.05, 0) is 13.2 Å². The molecule has 4 nitrogen and oxygen atoms in total. The summed E-state index contributed by atoms with van der Waals surface area (Å²) in [5, 5.41) is 11.3.